The summed E-state index contributed by atoms with van der Waals surface area (Å²) in [5, 5.41) is 2.88. The van der Waals surface area contributed by atoms with Gasteiger partial charge >= 0.3 is 6.18 Å². The quantitative estimate of drug-likeness (QED) is 0.666. The monoisotopic (exact) mass is 463 g/mol. The summed E-state index contributed by atoms with van der Waals surface area (Å²) in [5.74, 6) is 0.125. The molecule has 2 aromatic carbocycles. The van der Waals surface area contributed by atoms with Crippen molar-refractivity contribution in [3.05, 3.63) is 53.6 Å². The summed E-state index contributed by atoms with van der Waals surface area (Å²) >= 11 is 0. The van der Waals surface area contributed by atoms with Gasteiger partial charge in [0.25, 0.3) is 0 Å². The van der Waals surface area contributed by atoms with Crippen molar-refractivity contribution in [3.8, 4) is 5.75 Å². The van der Waals surface area contributed by atoms with E-state index in [-0.39, 0.29) is 18.4 Å². The van der Waals surface area contributed by atoms with E-state index in [0.717, 1.165) is 23.2 Å². The first kappa shape index (κ1) is 23.2. The molecular formula is C24H28F3N3O3. The molecule has 1 amide bonds. The summed E-state index contributed by atoms with van der Waals surface area (Å²) in [5.41, 5.74) is 1.68. The number of halogens is 3. The van der Waals surface area contributed by atoms with E-state index in [1.807, 2.05) is 24.3 Å². The Hall–Kier alpha value is -2.94. The zero-order chi connectivity index (χ0) is 23.6. The summed E-state index contributed by atoms with van der Waals surface area (Å²) in [4.78, 5) is 17.4. The molecule has 0 spiro atoms. The fourth-order valence-corrected chi connectivity index (χ4v) is 4.73. The Morgan fingerprint density at radius 2 is 1.88 bits per heavy atom. The Morgan fingerprint density at radius 1 is 1.12 bits per heavy atom. The van der Waals surface area contributed by atoms with Crippen LogP contribution in [0.3, 0.4) is 0 Å². The Kier molecular flexibility index (Phi) is 6.69. The van der Waals surface area contributed by atoms with Crippen LogP contribution in [0.2, 0.25) is 0 Å². The molecule has 2 atom stereocenters. The molecule has 2 aliphatic rings. The van der Waals surface area contributed by atoms with Gasteiger partial charge in [0.1, 0.15) is 5.75 Å². The highest BCUT2D eigenvalue weighted by Gasteiger charge is 2.42. The first-order valence-electron chi connectivity index (χ1n) is 10.9. The highest BCUT2D eigenvalue weighted by atomic mass is 19.4. The van der Waals surface area contributed by atoms with Crippen LogP contribution >= 0.6 is 0 Å². The highest BCUT2D eigenvalue weighted by Crippen LogP contribution is 2.40. The molecule has 0 unspecified atom stereocenters. The summed E-state index contributed by atoms with van der Waals surface area (Å²) in [6, 6.07) is 11.5. The molecule has 0 aliphatic carbocycles. The fourth-order valence-electron chi connectivity index (χ4n) is 4.73. The molecule has 1 saturated heterocycles. The Labute approximate surface area is 191 Å². The predicted molar refractivity (Wildman–Crippen MR) is 120 cm³/mol. The number of nitrogens with one attached hydrogen (secondary N) is 1. The normalized spacial score (nSPS) is 20.2. The molecule has 9 heteroatoms. The smallest absolute Gasteiger partial charge is 0.416 e. The number of nitrogens with zero attached hydrogens (tertiary/aromatic N) is 2. The lowest BCUT2D eigenvalue weighted by atomic mass is 9.82. The van der Waals surface area contributed by atoms with Crippen LogP contribution in [0.4, 0.5) is 24.5 Å². The second kappa shape index (κ2) is 9.51. The van der Waals surface area contributed by atoms with Gasteiger partial charge in [-0.3, -0.25) is 4.79 Å². The second-order valence-electron chi connectivity index (χ2n) is 8.34. The standard InChI is InChI=1S/C24H28F3N3O3/c1-32-12-9-28-23(31)20-14-16-13-17(24(25,26)27)3-8-21(16)30-11-10-29(15-22(20)30)18-4-6-19(33-2)7-5-18/h3-8,13,20,22H,9-12,14-15H2,1-2H3,(H,28,31)/t20-,22+/m0/s1. The molecule has 2 aromatic rings. The number of hydrogen-bond acceptors (Lipinski definition) is 5. The van der Waals surface area contributed by atoms with Crippen LogP contribution in [-0.2, 0) is 22.1 Å². The van der Waals surface area contributed by atoms with Crippen molar-refractivity contribution >= 4 is 17.3 Å². The van der Waals surface area contributed by atoms with Gasteiger partial charge < -0.3 is 24.6 Å². The van der Waals surface area contributed by atoms with E-state index in [1.54, 1.807) is 20.3 Å². The maximum atomic E-state index is 13.3. The molecule has 33 heavy (non-hydrogen) atoms. The maximum Gasteiger partial charge on any atom is 0.416 e. The molecular weight excluding hydrogens is 435 g/mol. The Morgan fingerprint density at radius 3 is 2.55 bits per heavy atom. The van der Waals surface area contributed by atoms with E-state index >= 15 is 0 Å². The lowest BCUT2D eigenvalue weighted by Crippen LogP contribution is -2.61. The van der Waals surface area contributed by atoms with Crippen LogP contribution in [0.25, 0.3) is 0 Å². The van der Waals surface area contributed by atoms with Crippen LogP contribution in [0, 0.1) is 5.92 Å². The zero-order valence-corrected chi connectivity index (χ0v) is 18.7. The number of anilines is 2. The van der Waals surface area contributed by atoms with Gasteiger partial charge in [0, 0.05) is 44.7 Å². The summed E-state index contributed by atoms with van der Waals surface area (Å²) < 4.78 is 50.2. The molecule has 4 rings (SSSR count). The molecule has 0 bridgehead atoms. The molecule has 0 saturated carbocycles. The van der Waals surface area contributed by atoms with Crippen molar-refractivity contribution in [2.75, 3.05) is 56.8 Å². The minimum Gasteiger partial charge on any atom is -0.497 e. The minimum absolute atomic E-state index is 0.160. The lowest BCUT2D eigenvalue weighted by molar-refractivity contribution is -0.137. The number of ether oxygens (including phenoxy) is 2. The van der Waals surface area contributed by atoms with Crippen LogP contribution in [0.5, 0.6) is 5.75 Å². The minimum atomic E-state index is -4.42. The molecule has 0 radical (unpaired) electrons. The van der Waals surface area contributed by atoms with E-state index in [9.17, 15) is 18.0 Å². The fraction of sp³-hybridized carbons (Fsp3) is 0.458. The molecule has 0 aromatic heterocycles. The largest absolute Gasteiger partial charge is 0.497 e. The molecule has 1 fully saturated rings. The summed E-state index contributed by atoms with van der Waals surface area (Å²) in [7, 11) is 3.17. The van der Waals surface area contributed by atoms with Gasteiger partial charge in [-0.05, 0) is 54.4 Å². The topological polar surface area (TPSA) is 54.0 Å². The third-order valence-corrected chi connectivity index (χ3v) is 6.42. The van der Waals surface area contributed by atoms with E-state index in [2.05, 4.69) is 15.1 Å². The molecule has 2 heterocycles. The van der Waals surface area contributed by atoms with E-state index in [4.69, 9.17) is 9.47 Å². The third kappa shape index (κ3) is 4.88. The van der Waals surface area contributed by atoms with Gasteiger partial charge in [-0.15, -0.1) is 0 Å². The van der Waals surface area contributed by atoms with E-state index in [1.165, 1.54) is 6.07 Å². The number of rotatable bonds is 6. The van der Waals surface area contributed by atoms with E-state index in [0.29, 0.717) is 38.3 Å². The first-order chi connectivity index (χ1) is 15.8. The van der Waals surface area contributed by atoms with Crippen molar-refractivity contribution < 1.29 is 27.4 Å². The number of carbonyl (C=O) groups excluding carboxylic acids is 1. The van der Waals surface area contributed by atoms with Crippen molar-refractivity contribution in [1.82, 2.24) is 5.32 Å². The van der Waals surface area contributed by atoms with Crippen LogP contribution in [-0.4, -0.2) is 59.0 Å². The number of alkyl halides is 3. The maximum absolute atomic E-state index is 13.3. The summed E-state index contributed by atoms with van der Waals surface area (Å²) in [6.07, 6.45) is -4.16. The number of fused-ring (bicyclic) bond motifs is 3. The van der Waals surface area contributed by atoms with Gasteiger partial charge in [-0.2, -0.15) is 13.2 Å². The second-order valence-corrected chi connectivity index (χ2v) is 8.34. The molecule has 1 N–H and O–H groups in total. The average molecular weight is 464 g/mol. The molecule has 2 aliphatic heterocycles. The van der Waals surface area contributed by atoms with E-state index < -0.39 is 17.7 Å². The number of benzene rings is 2. The molecule has 178 valence electrons. The van der Waals surface area contributed by atoms with Crippen molar-refractivity contribution in [2.45, 2.75) is 18.6 Å². The average Bonchev–Trinajstić information content (AvgIpc) is 2.82. The highest BCUT2D eigenvalue weighted by molar-refractivity contribution is 5.82. The lowest BCUT2D eigenvalue weighted by Gasteiger charge is -2.49. The molecule has 6 nitrogen and oxygen atoms in total. The Bertz CT molecular complexity index is 981. The van der Waals surface area contributed by atoms with Crippen molar-refractivity contribution in [1.29, 1.82) is 0 Å². The summed E-state index contributed by atoms with van der Waals surface area (Å²) in [6.45, 7) is 2.63. The first-order valence-corrected chi connectivity index (χ1v) is 10.9. The Balaban J connectivity index is 1.63. The van der Waals surface area contributed by atoms with Gasteiger partial charge in [-0.1, -0.05) is 0 Å². The zero-order valence-electron chi connectivity index (χ0n) is 18.7. The van der Waals surface area contributed by atoms with Gasteiger partial charge in [0.15, 0.2) is 0 Å². The van der Waals surface area contributed by atoms with Crippen molar-refractivity contribution in [2.24, 2.45) is 5.92 Å². The van der Waals surface area contributed by atoms with Crippen LogP contribution < -0.4 is 19.9 Å². The van der Waals surface area contributed by atoms with Crippen LogP contribution in [0.15, 0.2) is 42.5 Å². The van der Waals surface area contributed by atoms with Crippen LogP contribution in [0.1, 0.15) is 11.1 Å². The predicted octanol–water partition coefficient (Wildman–Crippen LogP) is 3.34. The SMILES string of the molecule is COCCNC(=O)[C@H]1Cc2cc(C(F)(F)F)ccc2N2CCN(c3ccc(OC)cc3)C[C@H]12. The number of carbonyl (C=O) groups is 1. The van der Waals surface area contributed by atoms with Gasteiger partial charge in [0.05, 0.1) is 31.2 Å². The number of piperazine rings is 1. The third-order valence-electron chi connectivity index (χ3n) is 6.42. The van der Waals surface area contributed by atoms with Gasteiger partial charge in [-0.25, -0.2) is 0 Å². The number of methoxy groups -OCH3 is 2. The van der Waals surface area contributed by atoms with Gasteiger partial charge in [0.2, 0.25) is 5.91 Å². The van der Waals surface area contributed by atoms with Crippen molar-refractivity contribution in [3.63, 3.8) is 0 Å². The number of amides is 1. The number of hydrogen-bond donors (Lipinski definition) is 1.